The maximum Gasteiger partial charge on any atom is 0.255 e. The molecule has 1 aromatic carbocycles. The maximum absolute atomic E-state index is 12.3. The van der Waals surface area contributed by atoms with Crippen molar-refractivity contribution in [1.82, 2.24) is 4.90 Å². The van der Waals surface area contributed by atoms with E-state index in [1.165, 1.54) is 18.2 Å². The molecule has 0 unspecified atom stereocenters. The van der Waals surface area contributed by atoms with Crippen LogP contribution in [-0.2, 0) is 4.74 Å². The van der Waals surface area contributed by atoms with Crippen molar-refractivity contribution in [2.45, 2.75) is 18.9 Å². The van der Waals surface area contributed by atoms with Gasteiger partial charge in [0.2, 0.25) is 0 Å². The van der Waals surface area contributed by atoms with Crippen LogP contribution >= 0.6 is 11.6 Å². The minimum atomic E-state index is -0.164. The Balaban J connectivity index is 2.16. The first-order valence-corrected chi connectivity index (χ1v) is 6.31. The molecular weight excluding hydrogens is 254 g/mol. The van der Waals surface area contributed by atoms with E-state index >= 15 is 0 Å². The Morgan fingerprint density at radius 1 is 1.44 bits per heavy atom. The molecule has 4 nitrogen and oxygen atoms in total. The fraction of sp³-hybridized carbons (Fsp3) is 0.462. The van der Waals surface area contributed by atoms with Gasteiger partial charge in [-0.05, 0) is 31.0 Å². The number of phenolic OH excluding ortho intramolecular Hbond substituents is 1. The molecule has 0 radical (unpaired) electrons. The highest BCUT2D eigenvalue weighted by Crippen LogP contribution is 2.24. The summed E-state index contributed by atoms with van der Waals surface area (Å²) in [5.41, 5.74) is 0.339. The number of hydrogen-bond acceptors (Lipinski definition) is 3. The van der Waals surface area contributed by atoms with Crippen molar-refractivity contribution in [2.24, 2.45) is 0 Å². The summed E-state index contributed by atoms with van der Waals surface area (Å²) in [5.74, 6) is -0.120. The number of benzene rings is 1. The molecule has 0 atom stereocenters. The number of nitrogens with zero attached hydrogens (tertiary/aromatic N) is 1. The van der Waals surface area contributed by atoms with Gasteiger partial charge in [-0.25, -0.2) is 0 Å². The van der Waals surface area contributed by atoms with Crippen LogP contribution in [0.1, 0.15) is 23.2 Å². The second kappa shape index (κ2) is 5.59. The van der Waals surface area contributed by atoms with Crippen molar-refractivity contribution in [2.75, 3.05) is 20.3 Å². The third-order valence-corrected chi connectivity index (χ3v) is 3.57. The molecule has 0 aliphatic carbocycles. The Hall–Kier alpha value is -1.26. The summed E-state index contributed by atoms with van der Waals surface area (Å²) in [4.78, 5) is 14.0. The average Bonchev–Trinajstić information content (AvgIpc) is 2.41. The molecule has 0 saturated carbocycles. The highest BCUT2D eigenvalue weighted by atomic mass is 35.5. The number of carbonyl (C=O) groups excluding carboxylic acids is 1. The second-order valence-electron chi connectivity index (χ2n) is 4.42. The lowest BCUT2D eigenvalue weighted by Crippen LogP contribution is -2.40. The topological polar surface area (TPSA) is 49.8 Å². The lowest BCUT2D eigenvalue weighted by molar-refractivity contribution is 0.0362. The van der Waals surface area contributed by atoms with E-state index < -0.39 is 0 Å². The quantitative estimate of drug-likeness (QED) is 0.896. The van der Waals surface area contributed by atoms with Crippen molar-refractivity contribution in [3.8, 4) is 5.75 Å². The molecule has 1 N–H and O–H groups in total. The van der Waals surface area contributed by atoms with E-state index in [1.807, 2.05) is 0 Å². The molecule has 1 aliphatic rings. The van der Waals surface area contributed by atoms with Gasteiger partial charge in [-0.1, -0.05) is 11.6 Å². The minimum Gasteiger partial charge on any atom is -0.508 e. The third-order valence-electron chi connectivity index (χ3n) is 3.24. The van der Waals surface area contributed by atoms with Crippen LogP contribution in [0.25, 0.3) is 0 Å². The van der Waals surface area contributed by atoms with Gasteiger partial charge in [-0.3, -0.25) is 4.79 Å². The van der Waals surface area contributed by atoms with E-state index in [0.717, 1.165) is 12.8 Å². The number of halogens is 1. The predicted molar refractivity (Wildman–Crippen MR) is 69.1 cm³/mol. The molecule has 1 amide bonds. The lowest BCUT2D eigenvalue weighted by Gasteiger charge is -2.31. The molecule has 98 valence electrons. The summed E-state index contributed by atoms with van der Waals surface area (Å²) in [5, 5.41) is 9.79. The molecule has 2 rings (SSSR count). The molecule has 1 heterocycles. The van der Waals surface area contributed by atoms with E-state index in [1.54, 1.807) is 11.9 Å². The fourth-order valence-electron chi connectivity index (χ4n) is 2.11. The number of phenols is 1. The molecule has 1 aromatic rings. The van der Waals surface area contributed by atoms with Crippen molar-refractivity contribution < 1.29 is 14.6 Å². The number of ether oxygens (including phenoxy) is 1. The summed E-state index contributed by atoms with van der Waals surface area (Å²) in [7, 11) is 1.76. The van der Waals surface area contributed by atoms with Gasteiger partial charge in [-0.2, -0.15) is 0 Å². The van der Waals surface area contributed by atoms with Crippen molar-refractivity contribution in [1.29, 1.82) is 0 Å². The zero-order chi connectivity index (χ0) is 13.1. The SMILES string of the molecule is CN(C(=O)c1cc(O)ccc1Cl)C1CCOCC1. The van der Waals surface area contributed by atoms with Crippen LogP contribution in [0.3, 0.4) is 0 Å². The summed E-state index contributed by atoms with van der Waals surface area (Å²) < 4.78 is 5.27. The molecule has 0 aromatic heterocycles. The molecule has 1 fully saturated rings. The van der Waals surface area contributed by atoms with E-state index in [4.69, 9.17) is 16.3 Å². The summed E-state index contributed by atoms with van der Waals surface area (Å²) in [6.07, 6.45) is 1.66. The van der Waals surface area contributed by atoms with Crippen LogP contribution in [-0.4, -0.2) is 42.2 Å². The largest absolute Gasteiger partial charge is 0.508 e. The molecule has 1 saturated heterocycles. The zero-order valence-electron chi connectivity index (χ0n) is 10.2. The van der Waals surface area contributed by atoms with E-state index in [0.29, 0.717) is 23.8 Å². The first-order chi connectivity index (χ1) is 8.59. The monoisotopic (exact) mass is 269 g/mol. The highest BCUT2D eigenvalue weighted by Gasteiger charge is 2.24. The van der Waals surface area contributed by atoms with Crippen LogP contribution in [0.2, 0.25) is 5.02 Å². The number of hydrogen-bond donors (Lipinski definition) is 1. The number of carbonyl (C=O) groups is 1. The molecule has 18 heavy (non-hydrogen) atoms. The van der Waals surface area contributed by atoms with Gasteiger partial charge in [-0.15, -0.1) is 0 Å². The Kier molecular flexibility index (Phi) is 4.09. The number of amides is 1. The maximum atomic E-state index is 12.3. The standard InChI is InChI=1S/C13H16ClNO3/c1-15(9-4-6-18-7-5-9)13(17)11-8-10(16)2-3-12(11)14/h2-3,8-9,16H,4-7H2,1H3. The normalized spacial score (nSPS) is 16.6. The summed E-state index contributed by atoms with van der Waals surface area (Å²) in [6.45, 7) is 1.35. The van der Waals surface area contributed by atoms with Gasteiger partial charge in [0.15, 0.2) is 0 Å². The van der Waals surface area contributed by atoms with Gasteiger partial charge in [0.05, 0.1) is 10.6 Å². The van der Waals surface area contributed by atoms with Crippen LogP contribution < -0.4 is 0 Å². The Labute approximate surface area is 111 Å². The minimum absolute atomic E-state index is 0.0446. The van der Waals surface area contributed by atoms with Crippen LogP contribution in [0.5, 0.6) is 5.75 Å². The molecule has 0 spiro atoms. The van der Waals surface area contributed by atoms with Gasteiger partial charge < -0.3 is 14.7 Å². The van der Waals surface area contributed by atoms with Crippen molar-refractivity contribution >= 4 is 17.5 Å². The Bertz CT molecular complexity index is 444. The third kappa shape index (κ3) is 2.76. The molecule has 0 bridgehead atoms. The fourth-order valence-corrected chi connectivity index (χ4v) is 2.30. The summed E-state index contributed by atoms with van der Waals surface area (Å²) >= 11 is 5.99. The predicted octanol–water partition coefficient (Wildman–Crippen LogP) is 2.30. The highest BCUT2D eigenvalue weighted by molar-refractivity contribution is 6.33. The average molecular weight is 270 g/mol. The summed E-state index contributed by atoms with van der Waals surface area (Å²) in [6, 6.07) is 4.57. The smallest absolute Gasteiger partial charge is 0.255 e. The number of rotatable bonds is 2. The molecule has 5 heteroatoms. The Morgan fingerprint density at radius 2 is 2.11 bits per heavy atom. The molecule has 1 aliphatic heterocycles. The van der Waals surface area contributed by atoms with Gasteiger partial charge >= 0.3 is 0 Å². The van der Waals surface area contributed by atoms with Gasteiger partial charge in [0, 0.05) is 26.3 Å². The lowest BCUT2D eigenvalue weighted by atomic mass is 10.1. The van der Waals surface area contributed by atoms with Crippen molar-refractivity contribution in [3.05, 3.63) is 28.8 Å². The first kappa shape index (κ1) is 13.2. The second-order valence-corrected chi connectivity index (χ2v) is 4.83. The van der Waals surface area contributed by atoms with Crippen LogP contribution in [0, 0.1) is 0 Å². The van der Waals surface area contributed by atoms with E-state index in [9.17, 15) is 9.90 Å². The number of aromatic hydroxyl groups is 1. The van der Waals surface area contributed by atoms with Gasteiger partial charge in [0.25, 0.3) is 5.91 Å². The van der Waals surface area contributed by atoms with E-state index in [2.05, 4.69) is 0 Å². The van der Waals surface area contributed by atoms with Gasteiger partial charge in [0.1, 0.15) is 5.75 Å². The van der Waals surface area contributed by atoms with Crippen LogP contribution in [0.4, 0.5) is 0 Å². The molecular formula is C13H16ClNO3. The zero-order valence-corrected chi connectivity index (χ0v) is 11.0. The van der Waals surface area contributed by atoms with E-state index in [-0.39, 0.29) is 17.7 Å². The van der Waals surface area contributed by atoms with Crippen LogP contribution in [0.15, 0.2) is 18.2 Å². The van der Waals surface area contributed by atoms with Crippen molar-refractivity contribution in [3.63, 3.8) is 0 Å². The first-order valence-electron chi connectivity index (χ1n) is 5.93. The Morgan fingerprint density at radius 3 is 2.78 bits per heavy atom.